The lowest BCUT2D eigenvalue weighted by Gasteiger charge is -2.10. The zero-order valence-corrected chi connectivity index (χ0v) is 9.00. The Bertz CT molecular complexity index is 336. The molecule has 0 amide bonds. The third-order valence-electron chi connectivity index (χ3n) is 2.95. The first-order chi connectivity index (χ1) is 6.63. The average Bonchev–Trinajstić information content (AvgIpc) is 2.82. The Hall–Kier alpha value is -1.02. The van der Waals surface area contributed by atoms with Gasteiger partial charge in [0.2, 0.25) is 0 Å². The smallest absolute Gasteiger partial charge is 0.124 e. The highest BCUT2D eigenvalue weighted by atomic mass is 16.5. The van der Waals surface area contributed by atoms with Gasteiger partial charge >= 0.3 is 0 Å². The summed E-state index contributed by atoms with van der Waals surface area (Å²) in [5.74, 6) is 1.58. The van der Waals surface area contributed by atoms with Crippen LogP contribution >= 0.6 is 0 Å². The fraction of sp³-hybridized carbons (Fsp3) is 0.500. The van der Waals surface area contributed by atoms with Gasteiger partial charge in [-0.05, 0) is 37.0 Å². The summed E-state index contributed by atoms with van der Waals surface area (Å²) in [6.45, 7) is 4.17. The lowest BCUT2D eigenvalue weighted by Crippen LogP contribution is -2.02. The molecule has 0 bridgehead atoms. The Balaban J connectivity index is 2.37. The number of hydrogen-bond acceptors (Lipinski definition) is 2. The second-order valence-corrected chi connectivity index (χ2v) is 4.19. The van der Waals surface area contributed by atoms with E-state index in [1.807, 2.05) is 0 Å². The van der Waals surface area contributed by atoms with Gasteiger partial charge < -0.3 is 10.5 Å². The normalized spacial score (nSPS) is 24.9. The van der Waals surface area contributed by atoms with Crippen LogP contribution in [-0.2, 0) is 0 Å². The molecule has 1 fully saturated rings. The molecule has 76 valence electrons. The zero-order chi connectivity index (χ0) is 10.3. The minimum absolute atomic E-state index is 0.377. The maximum absolute atomic E-state index is 5.84. The van der Waals surface area contributed by atoms with Crippen molar-refractivity contribution >= 4 is 0 Å². The van der Waals surface area contributed by atoms with E-state index in [-0.39, 0.29) is 0 Å². The topological polar surface area (TPSA) is 35.2 Å². The average molecular weight is 191 g/mol. The minimum atomic E-state index is 0.377. The summed E-state index contributed by atoms with van der Waals surface area (Å²) >= 11 is 0. The standard InChI is InChI=1S/C12H17NO/c1-7-4-9(10-6-11(10)13)5-8(2)12(7)14-3/h4-5,10-11H,6,13H2,1-3H3/t10-,11+/m0/s1. The summed E-state index contributed by atoms with van der Waals surface area (Å²) in [5, 5.41) is 0. The van der Waals surface area contributed by atoms with Gasteiger partial charge in [-0.2, -0.15) is 0 Å². The highest BCUT2D eigenvalue weighted by Crippen LogP contribution is 2.41. The summed E-state index contributed by atoms with van der Waals surface area (Å²) in [5.41, 5.74) is 9.63. The van der Waals surface area contributed by atoms with E-state index in [1.165, 1.54) is 16.7 Å². The van der Waals surface area contributed by atoms with Crippen LogP contribution in [0.3, 0.4) is 0 Å². The molecule has 1 aromatic carbocycles. The van der Waals surface area contributed by atoms with Crippen molar-refractivity contribution in [2.45, 2.75) is 32.2 Å². The van der Waals surface area contributed by atoms with Crippen molar-refractivity contribution in [3.05, 3.63) is 28.8 Å². The summed E-state index contributed by atoms with van der Waals surface area (Å²) < 4.78 is 5.33. The third-order valence-corrected chi connectivity index (χ3v) is 2.95. The second kappa shape index (κ2) is 3.28. The van der Waals surface area contributed by atoms with Crippen molar-refractivity contribution in [1.82, 2.24) is 0 Å². The van der Waals surface area contributed by atoms with Gasteiger partial charge in [0.1, 0.15) is 5.75 Å². The maximum atomic E-state index is 5.84. The number of methoxy groups -OCH3 is 1. The van der Waals surface area contributed by atoms with Crippen molar-refractivity contribution < 1.29 is 4.74 Å². The second-order valence-electron chi connectivity index (χ2n) is 4.19. The van der Waals surface area contributed by atoms with E-state index >= 15 is 0 Å². The number of hydrogen-bond donors (Lipinski definition) is 1. The highest BCUT2D eigenvalue weighted by Gasteiger charge is 2.35. The Morgan fingerprint density at radius 3 is 2.14 bits per heavy atom. The molecule has 1 aromatic rings. The van der Waals surface area contributed by atoms with E-state index < -0.39 is 0 Å². The van der Waals surface area contributed by atoms with Gasteiger partial charge in [-0.15, -0.1) is 0 Å². The molecule has 0 aromatic heterocycles. The van der Waals surface area contributed by atoms with Crippen molar-refractivity contribution in [2.75, 3.05) is 7.11 Å². The summed E-state index contributed by atoms with van der Waals surface area (Å²) in [7, 11) is 1.72. The molecule has 2 N–H and O–H groups in total. The van der Waals surface area contributed by atoms with Crippen LogP contribution in [0.5, 0.6) is 5.75 Å². The number of ether oxygens (including phenoxy) is 1. The van der Waals surface area contributed by atoms with E-state index in [0.29, 0.717) is 12.0 Å². The molecular formula is C12H17NO. The van der Waals surface area contributed by atoms with Crippen LogP contribution in [0.15, 0.2) is 12.1 Å². The number of rotatable bonds is 2. The van der Waals surface area contributed by atoms with Crippen molar-refractivity contribution in [3.63, 3.8) is 0 Å². The first kappa shape index (κ1) is 9.53. The number of nitrogens with two attached hydrogens (primary N) is 1. The number of aryl methyl sites for hydroxylation is 2. The molecule has 0 spiro atoms. The van der Waals surface area contributed by atoms with Gasteiger partial charge in [-0.1, -0.05) is 12.1 Å². The first-order valence-corrected chi connectivity index (χ1v) is 5.04. The van der Waals surface area contributed by atoms with Crippen molar-refractivity contribution in [2.24, 2.45) is 5.73 Å². The summed E-state index contributed by atoms with van der Waals surface area (Å²) in [6, 6.07) is 4.77. The predicted octanol–water partition coefficient (Wildman–Crippen LogP) is 2.13. The van der Waals surface area contributed by atoms with E-state index in [9.17, 15) is 0 Å². The molecule has 0 unspecified atom stereocenters. The molecule has 1 aliphatic carbocycles. The Morgan fingerprint density at radius 1 is 1.29 bits per heavy atom. The Labute approximate surface area is 85.1 Å². The minimum Gasteiger partial charge on any atom is -0.496 e. The van der Waals surface area contributed by atoms with E-state index in [4.69, 9.17) is 10.5 Å². The third kappa shape index (κ3) is 1.50. The molecule has 0 heterocycles. The van der Waals surface area contributed by atoms with Crippen LogP contribution in [0, 0.1) is 13.8 Å². The van der Waals surface area contributed by atoms with Crippen molar-refractivity contribution in [3.8, 4) is 5.75 Å². The van der Waals surface area contributed by atoms with Crippen LogP contribution in [-0.4, -0.2) is 13.2 Å². The molecule has 0 radical (unpaired) electrons. The Kier molecular flexibility index (Phi) is 2.23. The summed E-state index contributed by atoms with van der Waals surface area (Å²) in [6.07, 6.45) is 1.13. The Morgan fingerprint density at radius 2 is 1.79 bits per heavy atom. The monoisotopic (exact) mass is 191 g/mol. The van der Waals surface area contributed by atoms with Gasteiger partial charge in [0.25, 0.3) is 0 Å². The largest absolute Gasteiger partial charge is 0.496 e. The van der Waals surface area contributed by atoms with Gasteiger partial charge in [0.05, 0.1) is 7.11 Å². The fourth-order valence-electron chi connectivity index (χ4n) is 2.12. The molecule has 0 saturated heterocycles. The fourth-order valence-corrected chi connectivity index (χ4v) is 2.12. The molecule has 14 heavy (non-hydrogen) atoms. The van der Waals surface area contributed by atoms with Crippen LogP contribution in [0.4, 0.5) is 0 Å². The van der Waals surface area contributed by atoms with E-state index in [1.54, 1.807) is 7.11 Å². The first-order valence-electron chi connectivity index (χ1n) is 5.04. The molecule has 1 aliphatic rings. The van der Waals surface area contributed by atoms with Gasteiger partial charge in [-0.3, -0.25) is 0 Å². The SMILES string of the molecule is COc1c(C)cc([C@@H]2C[C@H]2N)cc1C. The van der Waals surface area contributed by atoms with E-state index in [0.717, 1.165) is 12.2 Å². The lowest BCUT2D eigenvalue weighted by atomic mass is 10.0. The predicted molar refractivity (Wildman–Crippen MR) is 57.8 cm³/mol. The quantitative estimate of drug-likeness (QED) is 0.777. The zero-order valence-electron chi connectivity index (χ0n) is 9.00. The molecule has 2 nitrogen and oxygen atoms in total. The van der Waals surface area contributed by atoms with Gasteiger partial charge in [0.15, 0.2) is 0 Å². The van der Waals surface area contributed by atoms with Crippen molar-refractivity contribution in [1.29, 1.82) is 0 Å². The van der Waals surface area contributed by atoms with E-state index in [2.05, 4.69) is 26.0 Å². The molecule has 0 aliphatic heterocycles. The van der Waals surface area contributed by atoms with Crippen LogP contribution in [0.1, 0.15) is 29.0 Å². The molecule has 1 saturated carbocycles. The van der Waals surface area contributed by atoms with Crippen LogP contribution < -0.4 is 10.5 Å². The maximum Gasteiger partial charge on any atom is 0.124 e. The highest BCUT2D eigenvalue weighted by molar-refractivity contribution is 5.45. The molecule has 2 atom stereocenters. The van der Waals surface area contributed by atoms with Crippen LogP contribution in [0.25, 0.3) is 0 Å². The van der Waals surface area contributed by atoms with Crippen LogP contribution in [0.2, 0.25) is 0 Å². The molecule has 2 heteroatoms. The number of benzene rings is 1. The molecular weight excluding hydrogens is 174 g/mol. The lowest BCUT2D eigenvalue weighted by molar-refractivity contribution is 0.408. The van der Waals surface area contributed by atoms with Gasteiger partial charge in [-0.25, -0.2) is 0 Å². The molecule has 2 rings (SSSR count). The van der Waals surface area contributed by atoms with Gasteiger partial charge in [0, 0.05) is 12.0 Å². The summed E-state index contributed by atoms with van der Waals surface area (Å²) in [4.78, 5) is 0.